The van der Waals surface area contributed by atoms with E-state index in [0.717, 1.165) is 6.42 Å². The summed E-state index contributed by atoms with van der Waals surface area (Å²) in [6.45, 7) is 0.908. The number of carbonyl (C=O) groups excluding carboxylic acids is 2. The Morgan fingerprint density at radius 2 is 2.28 bits per heavy atom. The molecule has 1 fully saturated rings. The number of hydrogen-bond donors (Lipinski definition) is 1. The lowest BCUT2D eigenvalue weighted by atomic mass is 10.1. The molecule has 2 amide bonds. The summed E-state index contributed by atoms with van der Waals surface area (Å²) in [5, 5.41) is 5.46. The number of nitrogens with zero attached hydrogens (tertiary/aromatic N) is 1. The van der Waals surface area contributed by atoms with Crippen molar-refractivity contribution in [2.45, 2.75) is 12.8 Å². The van der Waals surface area contributed by atoms with Gasteiger partial charge in [0, 0.05) is 29.4 Å². The van der Waals surface area contributed by atoms with E-state index < -0.39 is 0 Å². The highest BCUT2D eigenvalue weighted by molar-refractivity contribution is 7.09. The van der Waals surface area contributed by atoms with Crippen LogP contribution in [0.3, 0.4) is 0 Å². The molecule has 0 bridgehead atoms. The van der Waals surface area contributed by atoms with Crippen molar-refractivity contribution in [3.8, 4) is 5.75 Å². The summed E-state index contributed by atoms with van der Waals surface area (Å²) in [7, 11) is 1.54. The molecular weight excluding hydrogens is 360 g/mol. The van der Waals surface area contributed by atoms with Crippen LogP contribution in [0, 0.1) is 5.92 Å². The Labute approximate surface area is 155 Å². The number of amides is 2. The van der Waals surface area contributed by atoms with E-state index in [-0.39, 0.29) is 24.2 Å². The van der Waals surface area contributed by atoms with Crippen molar-refractivity contribution in [1.82, 2.24) is 5.32 Å². The monoisotopic (exact) mass is 378 g/mol. The fourth-order valence-corrected chi connectivity index (χ4v) is 3.77. The van der Waals surface area contributed by atoms with Crippen LogP contribution in [0.25, 0.3) is 0 Å². The minimum absolute atomic E-state index is 0.0894. The van der Waals surface area contributed by atoms with Crippen LogP contribution in [-0.2, 0) is 16.0 Å². The molecule has 1 atom stereocenters. The molecule has 7 heteroatoms. The normalized spacial score (nSPS) is 17.0. The number of carbonyl (C=O) groups is 2. The van der Waals surface area contributed by atoms with Crippen molar-refractivity contribution in [3.63, 3.8) is 0 Å². The lowest BCUT2D eigenvalue weighted by Crippen LogP contribution is -2.34. The lowest BCUT2D eigenvalue weighted by molar-refractivity contribution is -0.126. The fourth-order valence-electron chi connectivity index (χ4n) is 2.90. The minimum Gasteiger partial charge on any atom is -0.495 e. The molecule has 1 N–H and O–H groups in total. The Kier molecular flexibility index (Phi) is 5.60. The van der Waals surface area contributed by atoms with Gasteiger partial charge >= 0.3 is 0 Å². The molecule has 2 aromatic rings. The Balaban J connectivity index is 1.62. The quantitative estimate of drug-likeness (QED) is 0.840. The number of anilines is 1. The number of benzene rings is 1. The number of ether oxygens (including phenoxy) is 1. The predicted octanol–water partition coefficient (Wildman–Crippen LogP) is 3.12. The van der Waals surface area contributed by atoms with Crippen molar-refractivity contribution < 1.29 is 14.3 Å². The summed E-state index contributed by atoms with van der Waals surface area (Å²) in [6, 6.07) is 9.16. The zero-order valence-electron chi connectivity index (χ0n) is 13.8. The first-order chi connectivity index (χ1) is 12.1. The van der Waals surface area contributed by atoms with Crippen LogP contribution >= 0.6 is 22.9 Å². The molecule has 132 valence electrons. The van der Waals surface area contributed by atoms with Gasteiger partial charge in [-0.05, 0) is 36.1 Å². The van der Waals surface area contributed by atoms with Gasteiger partial charge in [0.1, 0.15) is 5.75 Å². The number of methoxy groups -OCH3 is 1. The van der Waals surface area contributed by atoms with E-state index in [1.807, 2.05) is 17.5 Å². The third kappa shape index (κ3) is 4.14. The van der Waals surface area contributed by atoms with Crippen LogP contribution in [0.4, 0.5) is 5.69 Å². The molecule has 3 rings (SSSR count). The van der Waals surface area contributed by atoms with Gasteiger partial charge in [-0.3, -0.25) is 9.59 Å². The smallest absolute Gasteiger partial charge is 0.227 e. The molecule has 0 aliphatic carbocycles. The Morgan fingerprint density at radius 3 is 3.00 bits per heavy atom. The molecule has 25 heavy (non-hydrogen) atoms. The first-order valence-corrected chi connectivity index (χ1v) is 9.28. The second kappa shape index (κ2) is 7.89. The SMILES string of the molecule is COc1ccc(Cl)cc1N1CC(C(=O)NCCc2cccs2)CC1=O. The van der Waals surface area contributed by atoms with Crippen molar-refractivity contribution in [2.75, 3.05) is 25.1 Å². The third-order valence-corrected chi connectivity index (χ3v) is 5.35. The molecule has 0 radical (unpaired) electrons. The molecule has 1 unspecified atom stereocenters. The van der Waals surface area contributed by atoms with Crippen molar-refractivity contribution in [3.05, 3.63) is 45.6 Å². The van der Waals surface area contributed by atoms with Crippen LogP contribution in [0.1, 0.15) is 11.3 Å². The maximum absolute atomic E-state index is 12.4. The summed E-state index contributed by atoms with van der Waals surface area (Å²) in [5.74, 6) is 0.0170. The van der Waals surface area contributed by atoms with Gasteiger partial charge in [0.2, 0.25) is 11.8 Å². The molecule has 5 nitrogen and oxygen atoms in total. The summed E-state index contributed by atoms with van der Waals surface area (Å²) in [5.41, 5.74) is 0.605. The highest BCUT2D eigenvalue weighted by Crippen LogP contribution is 2.35. The minimum atomic E-state index is -0.362. The molecule has 1 aromatic carbocycles. The average Bonchev–Trinajstić information content (AvgIpc) is 3.24. The number of nitrogens with one attached hydrogen (secondary N) is 1. The number of halogens is 1. The Morgan fingerprint density at radius 1 is 1.44 bits per heavy atom. The van der Waals surface area contributed by atoms with Gasteiger partial charge in [0.15, 0.2) is 0 Å². The van der Waals surface area contributed by atoms with Gasteiger partial charge in [-0.25, -0.2) is 0 Å². The first-order valence-electron chi connectivity index (χ1n) is 8.02. The third-order valence-electron chi connectivity index (χ3n) is 4.18. The molecule has 2 heterocycles. The van der Waals surface area contributed by atoms with Crippen LogP contribution in [-0.4, -0.2) is 32.0 Å². The van der Waals surface area contributed by atoms with Crippen molar-refractivity contribution in [1.29, 1.82) is 0 Å². The van der Waals surface area contributed by atoms with E-state index in [1.165, 1.54) is 4.88 Å². The van der Waals surface area contributed by atoms with Gasteiger partial charge in [0.25, 0.3) is 0 Å². The van der Waals surface area contributed by atoms with Gasteiger partial charge in [0.05, 0.1) is 18.7 Å². The van der Waals surface area contributed by atoms with Crippen molar-refractivity contribution in [2.24, 2.45) is 5.92 Å². The largest absolute Gasteiger partial charge is 0.495 e. The van der Waals surface area contributed by atoms with Gasteiger partial charge < -0.3 is 15.0 Å². The maximum atomic E-state index is 12.4. The molecule has 1 saturated heterocycles. The second-order valence-electron chi connectivity index (χ2n) is 5.84. The highest BCUT2D eigenvalue weighted by Gasteiger charge is 2.36. The standard InChI is InChI=1S/C18H19ClN2O3S/c1-24-16-5-4-13(19)10-15(16)21-11-12(9-17(21)22)18(23)20-7-6-14-3-2-8-25-14/h2-5,8,10,12H,6-7,9,11H2,1H3,(H,20,23). The van der Waals surface area contributed by atoms with E-state index in [4.69, 9.17) is 16.3 Å². The summed E-state index contributed by atoms with van der Waals surface area (Å²) in [4.78, 5) is 27.6. The van der Waals surface area contributed by atoms with E-state index in [0.29, 0.717) is 29.5 Å². The summed E-state index contributed by atoms with van der Waals surface area (Å²) >= 11 is 7.71. The number of rotatable bonds is 6. The molecule has 1 aromatic heterocycles. The zero-order chi connectivity index (χ0) is 17.8. The van der Waals surface area contributed by atoms with Crippen molar-refractivity contribution >= 4 is 40.4 Å². The van der Waals surface area contributed by atoms with E-state index in [1.54, 1.807) is 41.5 Å². The molecule has 0 saturated carbocycles. The van der Waals surface area contributed by atoms with Crippen LogP contribution in [0.5, 0.6) is 5.75 Å². The second-order valence-corrected chi connectivity index (χ2v) is 7.31. The molecule has 1 aliphatic heterocycles. The van der Waals surface area contributed by atoms with E-state index in [2.05, 4.69) is 5.32 Å². The molecular formula is C18H19ClN2O3S. The van der Waals surface area contributed by atoms with Gasteiger partial charge in [-0.15, -0.1) is 11.3 Å². The Hall–Kier alpha value is -2.05. The zero-order valence-corrected chi connectivity index (χ0v) is 15.4. The lowest BCUT2D eigenvalue weighted by Gasteiger charge is -2.19. The number of hydrogen-bond acceptors (Lipinski definition) is 4. The summed E-state index contributed by atoms with van der Waals surface area (Å²) < 4.78 is 5.31. The summed E-state index contributed by atoms with van der Waals surface area (Å²) in [6.07, 6.45) is 0.996. The fraction of sp³-hybridized carbons (Fsp3) is 0.333. The van der Waals surface area contributed by atoms with Crippen LogP contribution in [0.15, 0.2) is 35.7 Å². The predicted molar refractivity (Wildman–Crippen MR) is 99.5 cm³/mol. The van der Waals surface area contributed by atoms with Crippen LogP contribution in [0.2, 0.25) is 5.02 Å². The van der Waals surface area contributed by atoms with E-state index in [9.17, 15) is 9.59 Å². The van der Waals surface area contributed by atoms with Gasteiger partial charge in [-0.2, -0.15) is 0 Å². The molecule has 0 spiro atoms. The van der Waals surface area contributed by atoms with E-state index >= 15 is 0 Å². The Bertz CT molecular complexity index is 764. The maximum Gasteiger partial charge on any atom is 0.227 e. The number of thiophene rings is 1. The topological polar surface area (TPSA) is 58.6 Å². The first kappa shape index (κ1) is 17.8. The van der Waals surface area contributed by atoms with Gasteiger partial charge in [-0.1, -0.05) is 17.7 Å². The molecule has 1 aliphatic rings. The van der Waals surface area contributed by atoms with Crippen LogP contribution < -0.4 is 15.0 Å². The highest BCUT2D eigenvalue weighted by atomic mass is 35.5. The average molecular weight is 379 g/mol.